The maximum absolute atomic E-state index is 4.33. The first-order chi connectivity index (χ1) is 10.6. The van der Waals surface area contributed by atoms with Crippen LogP contribution in [0.5, 0.6) is 0 Å². The molecule has 5 nitrogen and oxygen atoms in total. The predicted octanol–water partition coefficient (Wildman–Crippen LogP) is 2.44. The third-order valence-corrected chi connectivity index (χ3v) is 4.48. The van der Waals surface area contributed by atoms with Gasteiger partial charge in [-0.2, -0.15) is 5.10 Å². The van der Waals surface area contributed by atoms with Crippen molar-refractivity contribution in [3.8, 4) is 0 Å². The van der Waals surface area contributed by atoms with Crippen LogP contribution in [0.3, 0.4) is 0 Å². The average Bonchev–Trinajstić information content (AvgIpc) is 2.94. The lowest BCUT2D eigenvalue weighted by atomic mass is 10.0. The molecule has 0 aliphatic carbocycles. The summed E-state index contributed by atoms with van der Waals surface area (Å²) in [7, 11) is 1.95. The quantitative estimate of drug-likeness (QED) is 0.942. The second kappa shape index (κ2) is 6.48. The summed E-state index contributed by atoms with van der Waals surface area (Å²) in [5, 5.41) is 7.84. The molecule has 0 spiro atoms. The summed E-state index contributed by atoms with van der Waals surface area (Å²) in [4.78, 5) is 6.82. The van der Waals surface area contributed by atoms with Gasteiger partial charge in [0, 0.05) is 31.9 Å². The van der Waals surface area contributed by atoms with Crippen molar-refractivity contribution in [2.75, 3.05) is 18.0 Å². The van der Waals surface area contributed by atoms with Crippen LogP contribution in [0, 0.1) is 6.92 Å². The van der Waals surface area contributed by atoms with Crippen LogP contribution in [-0.2, 0) is 7.05 Å². The van der Waals surface area contributed by atoms with Gasteiger partial charge in [-0.25, -0.2) is 4.98 Å². The molecule has 1 aliphatic heterocycles. The summed E-state index contributed by atoms with van der Waals surface area (Å²) in [6.45, 7) is 6.52. The largest absolute Gasteiger partial charge is 0.371 e. The van der Waals surface area contributed by atoms with E-state index >= 15 is 0 Å². The highest BCUT2D eigenvalue weighted by atomic mass is 15.3. The van der Waals surface area contributed by atoms with E-state index in [9.17, 15) is 0 Å². The molecule has 1 saturated heterocycles. The van der Waals surface area contributed by atoms with Crippen LogP contribution in [0.4, 0.5) is 5.69 Å². The van der Waals surface area contributed by atoms with Crippen LogP contribution in [0.15, 0.2) is 30.6 Å². The Labute approximate surface area is 132 Å². The maximum atomic E-state index is 4.33. The Balaban J connectivity index is 1.55. The molecule has 0 radical (unpaired) electrons. The van der Waals surface area contributed by atoms with Gasteiger partial charge in [0.15, 0.2) is 0 Å². The summed E-state index contributed by atoms with van der Waals surface area (Å²) in [6, 6.07) is 9.57. The van der Waals surface area contributed by atoms with Crippen LogP contribution >= 0.6 is 0 Å². The van der Waals surface area contributed by atoms with Gasteiger partial charge >= 0.3 is 0 Å². The molecule has 2 heterocycles. The molecule has 1 aliphatic rings. The molecular weight excluding hydrogens is 274 g/mol. The smallest absolute Gasteiger partial charge is 0.143 e. The van der Waals surface area contributed by atoms with Crippen molar-refractivity contribution in [2.45, 2.75) is 38.8 Å². The van der Waals surface area contributed by atoms with E-state index in [1.54, 1.807) is 6.33 Å². The normalized spacial score (nSPS) is 17.7. The number of piperidine rings is 1. The number of benzene rings is 1. The second-order valence-electron chi connectivity index (χ2n) is 6.23. The maximum Gasteiger partial charge on any atom is 0.143 e. The molecule has 5 heteroatoms. The molecule has 118 valence electrons. The summed E-state index contributed by atoms with van der Waals surface area (Å²) in [5.74, 6) is 1.00. The highest BCUT2D eigenvalue weighted by Crippen LogP contribution is 2.22. The predicted molar refractivity (Wildman–Crippen MR) is 89.0 cm³/mol. The summed E-state index contributed by atoms with van der Waals surface area (Å²) in [5.41, 5.74) is 2.67. The first-order valence-corrected chi connectivity index (χ1v) is 8.05. The van der Waals surface area contributed by atoms with E-state index in [2.05, 4.69) is 58.4 Å². The monoisotopic (exact) mass is 299 g/mol. The fourth-order valence-electron chi connectivity index (χ4n) is 3.25. The zero-order chi connectivity index (χ0) is 15.5. The van der Waals surface area contributed by atoms with Crippen molar-refractivity contribution in [1.82, 2.24) is 20.1 Å². The SMILES string of the molecule is Cc1cccc(N2CCC(N[C@@H](C)c3ncnn3C)CC2)c1. The summed E-state index contributed by atoms with van der Waals surface area (Å²) >= 11 is 0. The summed E-state index contributed by atoms with van der Waals surface area (Å²) < 4.78 is 1.85. The van der Waals surface area contributed by atoms with Gasteiger partial charge in [-0.15, -0.1) is 0 Å². The van der Waals surface area contributed by atoms with Crippen molar-refractivity contribution in [3.05, 3.63) is 42.0 Å². The van der Waals surface area contributed by atoms with Crippen LogP contribution in [-0.4, -0.2) is 33.9 Å². The minimum absolute atomic E-state index is 0.239. The molecule has 22 heavy (non-hydrogen) atoms. The number of nitrogens with zero attached hydrogens (tertiary/aromatic N) is 4. The molecule has 1 N–H and O–H groups in total. The number of hydrogen-bond acceptors (Lipinski definition) is 4. The third-order valence-electron chi connectivity index (χ3n) is 4.48. The fraction of sp³-hybridized carbons (Fsp3) is 0.529. The molecule has 0 amide bonds. The van der Waals surface area contributed by atoms with Crippen LogP contribution < -0.4 is 10.2 Å². The van der Waals surface area contributed by atoms with E-state index < -0.39 is 0 Å². The first-order valence-electron chi connectivity index (χ1n) is 8.05. The molecule has 0 unspecified atom stereocenters. The minimum atomic E-state index is 0.239. The van der Waals surface area contributed by atoms with Crippen molar-refractivity contribution in [3.63, 3.8) is 0 Å². The Kier molecular flexibility index (Phi) is 4.43. The molecule has 2 aromatic rings. The van der Waals surface area contributed by atoms with Gasteiger partial charge in [-0.05, 0) is 44.4 Å². The molecule has 1 aromatic carbocycles. The number of rotatable bonds is 4. The minimum Gasteiger partial charge on any atom is -0.371 e. The lowest BCUT2D eigenvalue weighted by Gasteiger charge is -2.35. The van der Waals surface area contributed by atoms with Gasteiger partial charge in [-0.1, -0.05) is 12.1 Å². The summed E-state index contributed by atoms with van der Waals surface area (Å²) in [6.07, 6.45) is 3.94. The molecular formula is C17H25N5. The van der Waals surface area contributed by atoms with Gasteiger partial charge in [0.05, 0.1) is 6.04 Å². The van der Waals surface area contributed by atoms with Crippen molar-refractivity contribution >= 4 is 5.69 Å². The molecule has 0 saturated carbocycles. The lowest BCUT2D eigenvalue weighted by Crippen LogP contribution is -2.43. The van der Waals surface area contributed by atoms with Gasteiger partial charge in [-0.3, -0.25) is 4.68 Å². The highest BCUT2D eigenvalue weighted by molar-refractivity contribution is 5.48. The average molecular weight is 299 g/mol. The zero-order valence-electron chi connectivity index (χ0n) is 13.7. The Bertz CT molecular complexity index is 613. The van der Waals surface area contributed by atoms with E-state index in [0.717, 1.165) is 31.8 Å². The van der Waals surface area contributed by atoms with Gasteiger partial charge in [0.25, 0.3) is 0 Å². The molecule has 1 atom stereocenters. The van der Waals surface area contributed by atoms with Crippen LogP contribution in [0.1, 0.15) is 37.2 Å². The van der Waals surface area contributed by atoms with Crippen molar-refractivity contribution in [1.29, 1.82) is 0 Å². The third kappa shape index (κ3) is 3.30. The molecule has 3 rings (SSSR count). The van der Waals surface area contributed by atoms with E-state index in [1.165, 1.54) is 11.3 Å². The molecule has 0 bridgehead atoms. The van der Waals surface area contributed by atoms with Crippen LogP contribution in [0.2, 0.25) is 0 Å². The Hall–Kier alpha value is -1.88. The number of anilines is 1. The van der Waals surface area contributed by atoms with Gasteiger partial charge in [0.1, 0.15) is 12.2 Å². The number of nitrogens with one attached hydrogen (secondary N) is 1. The Morgan fingerprint density at radius 3 is 2.68 bits per heavy atom. The fourth-order valence-corrected chi connectivity index (χ4v) is 3.25. The van der Waals surface area contributed by atoms with Crippen molar-refractivity contribution in [2.24, 2.45) is 7.05 Å². The number of aromatic nitrogens is 3. The van der Waals surface area contributed by atoms with E-state index in [1.807, 2.05) is 11.7 Å². The van der Waals surface area contributed by atoms with E-state index in [-0.39, 0.29) is 6.04 Å². The second-order valence-corrected chi connectivity index (χ2v) is 6.23. The topological polar surface area (TPSA) is 46.0 Å². The number of hydrogen-bond donors (Lipinski definition) is 1. The Morgan fingerprint density at radius 1 is 1.27 bits per heavy atom. The molecule has 1 fully saturated rings. The van der Waals surface area contributed by atoms with E-state index in [0.29, 0.717) is 6.04 Å². The van der Waals surface area contributed by atoms with Gasteiger partial charge in [0.2, 0.25) is 0 Å². The Morgan fingerprint density at radius 2 is 2.05 bits per heavy atom. The standard InChI is InChI=1S/C17H25N5/c1-13-5-4-6-16(11-13)22-9-7-15(8-10-22)20-14(2)17-18-12-19-21(17)3/h4-6,11-12,14-15,20H,7-10H2,1-3H3/t14-/m0/s1. The lowest BCUT2D eigenvalue weighted by molar-refractivity contribution is 0.368. The van der Waals surface area contributed by atoms with E-state index in [4.69, 9.17) is 0 Å². The van der Waals surface area contributed by atoms with Crippen molar-refractivity contribution < 1.29 is 0 Å². The first kappa shape index (κ1) is 15.0. The van der Waals surface area contributed by atoms with Crippen LogP contribution in [0.25, 0.3) is 0 Å². The molecule has 1 aromatic heterocycles. The zero-order valence-corrected chi connectivity index (χ0v) is 13.7. The number of aryl methyl sites for hydroxylation is 2. The van der Waals surface area contributed by atoms with Gasteiger partial charge < -0.3 is 10.2 Å². The highest BCUT2D eigenvalue weighted by Gasteiger charge is 2.22.